The second-order valence-corrected chi connectivity index (χ2v) is 4.14. The van der Waals surface area contributed by atoms with Crippen LogP contribution < -0.4 is 15.8 Å². The van der Waals surface area contributed by atoms with E-state index >= 15 is 0 Å². The molecule has 0 aliphatic rings. The number of carbonyl (C=O) groups excluding carboxylic acids is 1. The van der Waals surface area contributed by atoms with Crippen LogP contribution in [0.15, 0.2) is 18.2 Å². The minimum Gasteiger partial charge on any atom is -0.491 e. The maximum absolute atomic E-state index is 12.7. The number of ether oxygens (including phenoxy) is 1. The molecule has 1 rings (SSSR count). The SMILES string of the molecule is CCCOc1ccc(C(F)(F)F)cc1NC(=O)CCN. The highest BCUT2D eigenvalue weighted by atomic mass is 19.4. The molecule has 0 radical (unpaired) electrons. The van der Waals surface area contributed by atoms with Crippen molar-refractivity contribution in [2.24, 2.45) is 5.73 Å². The molecule has 4 nitrogen and oxygen atoms in total. The van der Waals surface area contributed by atoms with Crippen molar-refractivity contribution in [3.63, 3.8) is 0 Å². The van der Waals surface area contributed by atoms with Crippen molar-refractivity contribution in [2.75, 3.05) is 18.5 Å². The molecule has 0 aliphatic heterocycles. The van der Waals surface area contributed by atoms with Gasteiger partial charge in [0, 0.05) is 13.0 Å². The number of benzene rings is 1. The van der Waals surface area contributed by atoms with Gasteiger partial charge in [-0.3, -0.25) is 4.79 Å². The van der Waals surface area contributed by atoms with Gasteiger partial charge >= 0.3 is 6.18 Å². The quantitative estimate of drug-likeness (QED) is 0.846. The van der Waals surface area contributed by atoms with Crippen LogP contribution in [0.1, 0.15) is 25.3 Å². The Hall–Kier alpha value is -1.76. The Balaban J connectivity index is 3.02. The van der Waals surface area contributed by atoms with Gasteiger partial charge in [0.2, 0.25) is 5.91 Å². The molecule has 0 fully saturated rings. The summed E-state index contributed by atoms with van der Waals surface area (Å²) in [5, 5.41) is 2.39. The standard InChI is InChI=1S/C13H17F3N2O2/c1-2-7-20-11-4-3-9(13(14,15)16)8-10(11)18-12(19)5-6-17/h3-4,8H,2,5-7,17H2,1H3,(H,18,19). The molecule has 0 aliphatic carbocycles. The third kappa shape index (κ3) is 4.73. The molecule has 0 spiro atoms. The van der Waals surface area contributed by atoms with Crippen LogP contribution in [0.3, 0.4) is 0 Å². The zero-order valence-corrected chi connectivity index (χ0v) is 11.1. The van der Waals surface area contributed by atoms with E-state index in [0.717, 1.165) is 12.1 Å². The molecular formula is C13H17F3N2O2. The first-order chi connectivity index (χ1) is 9.38. The fourth-order valence-electron chi connectivity index (χ4n) is 1.49. The van der Waals surface area contributed by atoms with Crippen molar-refractivity contribution < 1.29 is 22.7 Å². The first-order valence-electron chi connectivity index (χ1n) is 6.22. The first-order valence-corrected chi connectivity index (χ1v) is 6.22. The van der Waals surface area contributed by atoms with Crippen LogP contribution in [0.5, 0.6) is 5.75 Å². The van der Waals surface area contributed by atoms with E-state index in [0.29, 0.717) is 13.0 Å². The van der Waals surface area contributed by atoms with E-state index in [1.54, 1.807) is 0 Å². The molecule has 20 heavy (non-hydrogen) atoms. The third-order valence-electron chi connectivity index (χ3n) is 2.41. The lowest BCUT2D eigenvalue weighted by Crippen LogP contribution is -2.17. The van der Waals surface area contributed by atoms with Crippen LogP contribution in [-0.4, -0.2) is 19.1 Å². The summed E-state index contributed by atoms with van der Waals surface area (Å²) in [4.78, 5) is 11.5. The van der Waals surface area contributed by atoms with Gasteiger partial charge in [-0.05, 0) is 24.6 Å². The van der Waals surface area contributed by atoms with E-state index in [1.165, 1.54) is 6.07 Å². The number of hydrogen-bond acceptors (Lipinski definition) is 3. The van der Waals surface area contributed by atoms with Gasteiger partial charge in [-0.15, -0.1) is 0 Å². The first kappa shape index (κ1) is 16.3. The zero-order valence-electron chi connectivity index (χ0n) is 11.1. The van der Waals surface area contributed by atoms with E-state index in [2.05, 4.69) is 5.32 Å². The summed E-state index contributed by atoms with van der Waals surface area (Å²) in [6, 6.07) is 2.99. The Morgan fingerprint density at radius 2 is 2.10 bits per heavy atom. The number of rotatable bonds is 6. The second-order valence-electron chi connectivity index (χ2n) is 4.14. The maximum Gasteiger partial charge on any atom is 0.416 e. The van der Waals surface area contributed by atoms with Crippen molar-refractivity contribution in [3.05, 3.63) is 23.8 Å². The Morgan fingerprint density at radius 1 is 1.40 bits per heavy atom. The Bertz CT molecular complexity index is 461. The topological polar surface area (TPSA) is 64.3 Å². The Morgan fingerprint density at radius 3 is 2.65 bits per heavy atom. The van der Waals surface area contributed by atoms with Crippen molar-refractivity contribution in [2.45, 2.75) is 25.9 Å². The van der Waals surface area contributed by atoms with Crippen molar-refractivity contribution in [1.29, 1.82) is 0 Å². The van der Waals surface area contributed by atoms with Gasteiger partial charge in [-0.25, -0.2) is 0 Å². The molecule has 3 N–H and O–H groups in total. The minimum absolute atomic E-state index is 0.00623. The van der Waals surface area contributed by atoms with Crippen LogP contribution in [-0.2, 0) is 11.0 Å². The Kier molecular flexibility index (Phi) is 5.82. The lowest BCUT2D eigenvalue weighted by atomic mass is 10.1. The average Bonchev–Trinajstić information content (AvgIpc) is 2.36. The lowest BCUT2D eigenvalue weighted by molar-refractivity contribution is -0.137. The van der Waals surface area contributed by atoms with E-state index < -0.39 is 17.6 Å². The van der Waals surface area contributed by atoms with Crippen LogP contribution in [0, 0.1) is 0 Å². The average molecular weight is 290 g/mol. The molecule has 0 atom stereocenters. The van der Waals surface area contributed by atoms with Gasteiger partial charge < -0.3 is 15.8 Å². The number of nitrogens with two attached hydrogens (primary N) is 1. The van der Waals surface area contributed by atoms with E-state index in [4.69, 9.17) is 10.5 Å². The lowest BCUT2D eigenvalue weighted by Gasteiger charge is -2.15. The van der Waals surface area contributed by atoms with E-state index in [-0.39, 0.29) is 24.4 Å². The molecule has 7 heteroatoms. The fraction of sp³-hybridized carbons (Fsp3) is 0.462. The number of hydrogen-bond donors (Lipinski definition) is 2. The van der Waals surface area contributed by atoms with Gasteiger partial charge in [0.15, 0.2) is 0 Å². The normalized spacial score (nSPS) is 11.2. The van der Waals surface area contributed by atoms with Gasteiger partial charge in [-0.2, -0.15) is 13.2 Å². The minimum atomic E-state index is -4.48. The highest BCUT2D eigenvalue weighted by Crippen LogP contribution is 2.35. The van der Waals surface area contributed by atoms with Gasteiger partial charge in [0.25, 0.3) is 0 Å². The molecule has 0 saturated carbocycles. The number of nitrogens with one attached hydrogen (secondary N) is 1. The monoisotopic (exact) mass is 290 g/mol. The number of halogens is 3. The van der Waals surface area contributed by atoms with Crippen LogP contribution in [0.25, 0.3) is 0 Å². The number of alkyl halides is 3. The van der Waals surface area contributed by atoms with Crippen molar-refractivity contribution >= 4 is 11.6 Å². The molecule has 112 valence electrons. The summed E-state index contributed by atoms with van der Waals surface area (Å²) >= 11 is 0. The molecule has 1 aromatic rings. The molecule has 1 amide bonds. The summed E-state index contributed by atoms with van der Waals surface area (Å²) in [5.74, 6) is -0.238. The summed E-state index contributed by atoms with van der Waals surface area (Å²) in [6.45, 7) is 2.35. The zero-order chi connectivity index (χ0) is 15.2. The van der Waals surface area contributed by atoms with Crippen molar-refractivity contribution in [1.82, 2.24) is 0 Å². The number of anilines is 1. The van der Waals surface area contributed by atoms with Gasteiger partial charge in [-0.1, -0.05) is 6.92 Å². The highest BCUT2D eigenvalue weighted by molar-refractivity contribution is 5.92. The van der Waals surface area contributed by atoms with E-state index in [1.807, 2.05) is 6.92 Å². The molecule has 1 aromatic carbocycles. The predicted octanol–water partition coefficient (Wildman–Crippen LogP) is 2.78. The Labute approximate surface area is 115 Å². The number of carbonyl (C=O) groups is 1. The van der Waals surface area contributed by atoms with Gasteiger partial charge in [0.1, 0.15) is 5.75 Å². The molecule has 0 saturated heterocycles. The van der Waals surface area contributed by atoms with Crippen LogP contribution in [0.4, 0.5) is 18.9 Å². The van der Waals surface area contributed by atoms with Gasteiger partial charge in [0.05, 0.1) is 17.9 Å². The highest BCUT2D eigenvalue weighted by Gasteiger charge is 2.31. The van der Waals surface area contributed by atoms with Crippen molar-refractivity contribution in [3.8, 4) is 5.75 Å². The molecule has 0 heterocycles. The molecular weight excluding hydrogens is 273 g/mol. The summed E-state index contributed by atoms with van der Waals surface area (Å²) in [7, 11) is 0. The smallest absolute Gasteiger partial charge is 0.416 e. The largest absolute Gasteiger partial charge is 0.491 e. The second kappa shape index (κ2) is 7.14. The fourth-order valence-corrected chi connectivity index (χ4v) is 1.49. The molecule has 0 aromatic heterocycles. The predicted molar refractivity (Wildman–Crippen MR) is 69.5 cm³/mol. The summed E-state index contributed by atoms with van der Waals surface area (Å²) < 4.78 is 43.3. The third-order valence-corrected chi connectivity index (χ3v) is 2.41. The molecule has 0 unspecified atom stereocenters. The van der Waals surface area contributed by atoms with Crippen LogP contribution in [0.2, 0.25) is 0 Å². The van der Waals surface area contributed by atoms with E-state index in [9.17, 15) is 18.0 Å². The number of amides is 1. The summed E-state index contributed by atoms with van der Waals surface area (Å²) in [5.41, 5.74) is 4.39. The molecule has 0 bridgehead atoms. The summed E-state index contributed by atoms with van der Waals surface area (Å²) in [6.07, 6.45) is -3.74. The maximum atomic E-state index is 12.7. The van der Waals surface area contributed by atoms with Crippen LogP contribution >= 0.6 is 0 Å².